The van der Waals surface area contributed by atoms with E-state index in [9.17, 15) is 14.4 Å². The molecule has 1 amide bonds. The average Bonchev–Trinajstić information content (AvgIpc) is 3.37. The molecular weight excluding hydrogens is 558 g/mol. The van der Waals surface area contributed by atoms with Gasteiger partial charge in [-0.3, -0.25) is 0 Å². The Balaban J connectivity index is 1.23. The molecule has 2 aliphatic rings. The number of benzene rings is 4. The zero-order chi connectivity index (χ0) is 30.6. The second-order valence-electron chi connectivity index (χ2n) is 11.0. The Morgan fingerprint density at radius 2 is 1.07 bits per heavy atom. The molecule has 1 N–H and O–H groups in total. The molecule has 0 aromatic heterocycles. The first-order chi connectivity index (χ1) is 21.4. The van der Waals surface area contributed by atoms with Gasteiger partial charge in [-0.2, -0.15) is 0 Å². The summed E-state index contributed by atoms with van der Waals surface area (Å²) in [7, 11) is 0. The van der Waals surface area contributed by atoms with Gasteiger partial charge in [-0.15, -0.1) is 0 Å². The van der Waals surface area contributed by atoms with Gasteiger partial charge in [0.1, 0.15) is 12.6 Å². The molecule has 44 heavy (non-hydrogen) atoms. The van der Waals surface area contributed by atoms with Crippen molar-refractivity contribution in [2.45, 2.75) is 50.2 Å². The lowest BCUT2D eigenvalue weighted by Gasteiger charge is -2.43. The van der Waals surface area contributed by atoms with Gasteiger partial charge >= 0.3 is 18.0 Å². The van der Waals surface area contributed by atoms with Gasteiger partial charge in [0.05, 0.1) is 23.3 Å². The highest BCUT2D eigenvalue weighted by Crippen LogP contribution is 2.44. The molecule has 1 saturated heterocycles. The van der Waals surface area contributed by atoms with Crippen LogP contribution in [0.3, 0.4) is 0 Å². The summed E-state index contributed by atoms with van der Waals surface area (Å²) in [6.45, 7) is 3.60. The van der Waals surface area contributed by atoms with Crippen molar-refractivity contribution in [1.29, 1.82) is 0 Å². The molecule has 5 atom stereocenters. The van der Waals surface area contributed by atoms with E-state index in [0.29, 0.717) is 11.1 Å². The van der Waals surface area contributed by atoms with Gasteiger partial charge in [0, 0.05) is 5.92 Å². The Labute approximate surface area is 255 Å². The smallest absolute Gasteiger partial charge is 0.407 e. The number of carbonyl (C=O) groups excluding carboxylic acids is 3. The second kappa shape index (κ2) is 12.7. The lowest BCUT2D eigenvalue weighted by atomic mass is 9.93. The van der Waals surface area contributed by atoms with E-state index >= 15 is 0 Å². The van der Waals surface area contributed by atoms with Crippen molar-refractivity contribution in [2.75, 3.05) is 6.61 Å². The van der Waals surface area contributed by atoms with Crippen molar-refractivity contribution in [2.24, 2.45) is 0 Å². The van der Waals surface area contributed by atoms with E-state index in [1.165, 1.54) is 0 Å². The molecule has 224 valence electrons. The molecule has 6 rings (SSSR count). The standard InChI is InChI=1S/C36H33NO7/c1-22-32(43-34(38)24-13-5-3-6-14-24)31(33(23(2)42-22)44-35(39)25-15-7-4-8-16-25)37-36(40)41-21-30-28-19-11-9-17-26(28)27-18-10-12-20-29(27)30/h3-20,22-23,30-33H,21H2,1-2H3,(H,37,40)/t22-,23+,31+,32-,33+. The number of hydrogen-bond acceptors (Lipinski definition) is 7. The number of esters is 2. The number of hydrogen-bond donors (Lipinski definition) is 1. The number of fused-ring (bicyclic) bond motifs is 3. The van der Waals surface area contributed by atoms with Crippen LogP contribution >= 0.6 is 0 Å². The van der Waals surface area contributed by atoms with Crippen LogP contribution in [-0.4, -0.2) is 55.1 Å². The van der Waals surface area contributed by atoms with E-state index in [1.54, 1.807) is 74.5 Å². The van der Waals surface area contributed by atoms with Crippen LogP contribution in [0.25, 0.3) is 11.1 Å². The fourth-order valence-corrected chi connectivity index (χ4v) is 6.07. The first-order valence-electron chi connectivity index (χ1n) is 14.7. The fourth-order valence-electron chi connectivity index (χ4n) is 6.07. The number of amides is 1. The van der Waals surface area contributed by atoms with E-state index < -0.39 is 48.5 Å². The number of alkyl carbamates (subject to hydrolysis) is 1. The molecule has 1 aliphatic carbocycles. The molecule has 8 heteroatoms. The minimum absolute atomic E-state index is 0.0944. The predicted octanol–water partition coefficient (Wildman–Crippen LogP) is 6.15. The van der Waals surface area contributed by atoms with E-state index in [-0.39, 0.29) is 12.5 Å². The molecular formula is C36H33NO7. The summed E-state index contributed by atoms with van der Waals surface area (Å²) >= 11 is 0. The molecule has 0 unspecified atom stereocenters. The third-order valence-electron chi connectivity index (χ3n) is 8.20. The number of ether oxygens (including phenoxy) is 4. The highest BCUT2D eigenvalue weighted by Gasteiger charge is 2.48. The average molecular weight is 592 g/mol. The van der Waals surface area contributed by atoms with Gasteiger partial charge < -0.3 is 24.3 Å². The van der Waals surface area contributed by atoms with E-state index in [4.69, 9.17) is 18.9 Å². The number of nitrogens with one attached hydrogen (secondary N) is 1. The second-order valence-corrected chi connectivity index (χ2v) is 11.0. The van der Waals surface area contributed by atoms with Crippen LogP contribution in [0.1, 0.15) is 51.6 Å². The van der Waals surface area contributed by atoms with E-state index in [2.05, 4.69) is 17.4 Å². The van der Waals surface area contributed by atoms with Crippen LogP contribution < -0.4 is 5.32 Å². The summed E-state index contributed by atoms with van der Waals surface area (Å²) < 4.78 is 23.7. The first-order valence-corrected chi connectivity index (χ1v) is 14.7. The summed E-state index contributed by atoms with van der Waals surface area (Å²) in [4.78, 5) is 39.7. The molecule has 0 saturated carbocycles. The van der Waals surface area contributed by atoms with Crippen LogP contribution in [0.2, 0.25) is 0 Å². The number of rotatable bonds is 7. The quantitative estimate of drug-likeness (QED) is 0.203. The van der Waals surface area contributed by atoms with Crippen molar-refractivity contribution in [3.05, 3.63) is 131 Å². The van der Waals surface area contributed by atoms with Gasteiger partial charge in [0.15, 0.2) is 12.2 Å². The molecule has 0 bridgehead atoms. The van der Waals surface area contributed by atoms with Crippen molar-refractivity contribution in [1.82, 2.24) is 5.32 Å². The summed E-state index contributed by atoms with van der Waals surface area (Å²) in [5.74, 6) is -1.32. The lowest BCUT2D eigenvalue weighted by Crippen LogP contribution is -2.64. The Bertz CT molecular complexity index is 1530. The summed E-state index contributed by atoms with van der Waals surface area (Å²) in [6, 6.07) is 32.3. The summed E-state index contributed by atoms with van der Waals surface area (Å²) in [6.07, 6.45) is -3.92. The minimum atomic E-state index is -0.979. The van der Waals surface area contributed by atoms with Gasteiger partial charge in [-0.25, -0.2) is 14.4 Å². The van der Waals surface area contributed by atoms with Crippen LogP contribution in [0.5, 0.6) is 0 Å². The van der Waals surface area contributed by atoms with E-state index in [1.807, 2.05) is 36.4 Å². The number of carbonyl (C=O) groups is 3. The van der Waals surface area contributed by atoms with Crippen LogP contribution in [0.4, 0.5) is 4.79 Å². The molecule has 0 radical (unpaired) electrons. The third kappa shape index (κ3) is 5.94. The maximum Gasteiger partial charge on any atom is 0.407 e. The van der Waals surface area contributed by atoms with Gasteiger partial charge in [-0.05, 0) is 60.4 Å². The Morgan fingerprint density at radius 1 is 0.636 bits per heavy atom. The van der Waals surface area contributed by atoms with Gasteiger partial charge in [-0.1, -0.05) is 84.9 Å². The van der Waals surface area contributed by atoms with Crippen molar-refractivity contribution in [3.8, 4) is 11.1 Å². The molecule has 4 aromatic rings. The Morgan fingerprint density at radius 3 is 1.55 bits per heavy atom. The third-order valence-corrected chi connectivity index (χ3v) is 8.20. The molecule has 1 heterocycles. The highest BCUT2D eigenvalue weighted by atomic mass is 16.6. The first kappa shape index (κ1) is 29.1. The molecule has 1 fully saturated rings. The van der Waals surface area contributed by atoms with Crippen molar-refractivity contribution < 1.29 is 33.3 Å². The molecule has 8 nitrogen and oxygen atoms in total. The monoisotopic (exact) mass is 591 g/mol. The zero-order valence-corrected chi connectivity index (χ0v) is 24.4. The lowest BCUT2D eigenvalue weighted by molar-refractivity contribution is -0.173. The Hall–Kier alpha value is -4.95. The molecule has 4 aromatic carbocycles. The maximum atomic E-state index is 13.5. The Kier molecular flexibility index (Phi) is 8.43. The van der Waals surface area contributed by atoms with Crippen molar-refractivity contribution in [3.63, 3.8) is 0 Å². The van der Waals surface area contributed by atoms with Crippen LogP contribution in [-0.2, 0) is 18.9 Å². The van der Waals surface area contributed by atoms with Gasteiger partial charge in [0.2, 0.25) is 0 Å². The maximum absolute atomic E-state index is 13.5. The van der Waals surface area contributed by atoms with Crippen molar-refractivity contribution >= 4 is 18.0 Å². The molecule has 1 aliphatic heterocycles. The zero-order valence-electron chi connectivity index (χ0n) is 24.4. The topological polar surface area (TPSA) is 100 Å². The normalized spacial score (nSPS) is 22.3. The fraction of sp³-hybridized carbons (Fsp3) is 0.250. The molecule has 0 spiro atoms. The summed E-state index contributed by atoms with van der Waals surface area (Å²) in [5, 5.41) is 2.87. The predicted molar refractivity (Wildman–Crippen MR) is 163 cm³/mol. The van der Waals surface area contributed by atoms with Gasteiger partial charge in [0.25, 0.3) is 0 Å². The minimum Gasteiger partial charge on any atom is -0.454 e. The van der Waals surface area contributed by atoms with Crippen LogP contribution in [0, 0.1) is 0 Å². The summed E-state index contributed by atoms with van der Waals surface area (Å²) in [5.41, 5.74) is 5.08. The van der Waals surface area contributed by atoms with E-state index in [0.717, 1.165) is 22.3 Å². The SMILES string of the molecule is C[C@@H]1O[C@H](C)[C@@H](OC(=O)c2ccccc2)[C@H](NC(=O)OCC2c3ccccc3-c3ccccc32)[C@H]1OC(=O)c1ccccc1. The van der Waals surface area contributed by atoms with Crippen LogP contribution in [0.15, 0.2) is 109 Å². The highest BCUT2D eigenvalue weighted by molar-refractivity contribution is 5.90. The largest absolute Gasteiger partial charge is 0.454 e.